The van der Waals surface area contributed by atoms with E-state index < -0.39 is 192 Å². The molecule has 0 aliphatic carbocycles. The number of carbonyl (C=O) groups is 10. The van der Waals surface area contributed by atoms with Gasteiger partial charge in [-0.15, -0.1) is 0 Å². The van der Waals surface area contributed by atoms with Crippen molar-refractivity contribution in [3.8, 4) is 0 Å². The van der Waals surface area contributed by atoms with Crippen LogP contribution in [0.3, 0.4) is 0 Å². The molecule has 0 fully saturated rings. The first-order valence-electron chi connectivity index (χ1n) is 39.9. The Hall–Kier alpha value is -3.94. The van der Waals surface area contributed by atoms with Crippen LogP contribution in [0.25, 0.3) is 0 Å². The predicted octanol–water partition coefficient (Wildman–Crippen LogP) is -9.74. The fourth-order valence-corrected chi connectivity index (χ4v) is 12.4. The molecule has 1 rings (SSSR count). The van der Waals surface area contributed by atoms with E-state index in [0.29, 0.717) is 121 Å². The minimum atomic E-state index is -1.83. The number of hydrogen-bond acceptors (Lipinski definition) is 44. The van der Waals surface area contributed by atoms with Crippen LogP contribution in [0, 0.1) is 0 Å². The van der Waals surface area contributed by atoms with Gasteiger partial charge in [0, 0.05) is 126 Å². The first-order chi connectivity index (χ1) is 60.1. The first kappa shape index (κ1) is 148. The number of hydrogen-bond donors (Lipinski definition) is 33. The molecule has 0 aliphatic heterocycles. The Kier molecular flexibility index (Phi) is 111. The third kappa shape index (κ3) is 74.2. The highest BCUT2D eigenvalue weighted by molar-refractivity contribution is 8.76. The molecular formula is C75H160N12O36P3S6+. The van der Waals surface area contributed by atoms with Gasteiger partial charge in [-0.25, -0.2) is 4.98 Å². The number of aliphatic hydroxyl groups is 20. The minimum absolute atomic E-state index is 0. The molecule has 0 saturated carbocycles. The molecule has 1 heterocycles. The lowest BCUT2D eigenvalue weighted by Gasteiger charge is -2.27. The Morgan fingerprint density at radius 2 is 0.689 bits per heavy atom. The molecule has 0 bridgehead atoms. The average Bonchev–Trinajstić information content (AvgIpc) is 0.889. The Morgan fingerprint density at radius 1 is 0.447 bits per heavy atom. The maximum atomic E-state index is 11.9. The summed E-state index contributed by atoms with van der Waals surface area (Å²) in [6, 6.07) is 5.66. The maximum absolute atomic E-state index is 11.9. The molecule has 0 aromatic carbocycles. The summed E-state index contributed by atoms with van der Waals surface area (Å²) in [6.07, 6.45) is -22.4. The molecule has 9 amide bonds. The molecule has 0 spiro atoms. The van der Waals surface area contributed by atoms with Gasteiger partial charge in [0.05, 0.1) is 53.5 Å². The van der Waals surface area contributed by atoms with Gasteiger partial charge in [-0.3, -0.25) is 47.9 Å². The summed E-state index contributed by atoms with van der Waals surface area (Å²) in [5, 5.41) is 213. The summed E-state index contributed by atoms with van der Waals surface area (Å²) >= 11 is 13.0. The molecular weight excluding hydrogens is 1930 g/mol. The van der Waals surface area contributed by atoms with E-state index in [4.69, 9.17) is 56.2 Å². The summed E-state index contributed by atoms with van der Waals surface area (Å²) in [6.45, 7) is 0.700. The molecule has 1 aromatic heterocycles. The summed E-state index contributed by atoms with van der Waals surface area (Å²) in [5.74, 6) is -3.29. The van der Waals surface area contributed by atoms with Crippen molar-refractivity contribution in [3.05, 3.63) is 24.4 Å². The SMILES string of the molecule is C.C.C.CO[C@H](C(O)CO)[C@H](O)C(O)C(=O)NCCCCN.CO[C@H](C(O)CO)[C@H](O)C(O)C(=O)NCCCCNC(=O)CCS.CO[C@H](C(O)CO)[C@H](O)C(O)C(=O)NCCCCNC(=O)CCSSc1ccccn1.CO[C@H](C(O)CO)[C@H](O)C(O)C(=O)NCCCCNC(=O)CS.CO[C@H](C(O)CO)[C@H](O)C(O)C(=O)NCCCCNC(=O)CSC(C)=O.N.O.P.[2H][P+](P)=S. The molecule has 23 atom stereocenters. The first-order valence-corrected chi connectivity index (χ1v) is 47.5. The van der Waals surface area contributed by atoms with E-state index in [-0.39, 0.29) is 110 Å². The number of nitrogens with zero attached hydrogens (tertiary/aromatic N) is 1. The summed E-state index contributed by atoms with van der Waals surface area (Å²) < 4.78 is 30.4. The maximum Gasteiger partial charge on any atom is 0.355 e. The van der Waals surface area contributed by atoms with Crippen molar-refractivity contribution >= 4 is 155 Å². The topological polar surface area (TPSA) is 835 Å². The summed E-state index contributed by atoms with van der Waals surface area (Å²) in [5.41, 5.74) is 5.29. The lowest BCUT2D eigenvalue weighted by atomic mass is 10.0. The lowest BCUT2D eigenvalue weighted by molar-refractivity contribution is -0.154. The highest BCUT2D eigenvalue weighted by Crippen LogP contribution is 2.29. The second-order valence-electron chi connectivity index (χ2n) is 26.4. The number of rotatable bonds is 64. The smallest absolute Gasteiger partial charge is 0.355 e. The quantitative estimate of drug-likeness (QED) is 0.0125. The number of methoxy groups -OCH3 is 5. The van der Waals surface area contributed by atoms with Crippen molar-refractivity contribution in [1.82, 2.24) is 59.0 Å². The van der Waals surface area contributed by atoms with Crippen LogP contribution in [-0.4, -0.2) is 451 Å². The van der Waals surface area contributed by atoms with E-state index in [0.717, 1.165) is 23.2 Å². The fraction of sp³-hybridized carbons (Fsp3) is 0.800. The molecule has 36 N–H and O–H groups in total. The molecule has 48 nitrogen and oxygen atoms in total. The van der Waals surface area contributed by atoms with Gasteiger partial charge in [-0.1, -0.05) is 50.9 Å². The second-order valence-corrected chi connectivity index (χ2v) is 33.5. The van der Waals surface area contributed by atoms with Crippen LogP contribution in [0.15, 0.2) is 29.4 Å². The van der Waals surface area contributed by atoms with Crippen molar-refractivity contribution in [2.75, 3.05) is 157 Å². The van der Waals surface area contributed by atoms with Crippen molar-refractivity contribution in [2.24, 2.45) is 5.73 Å². The zero-order valence-corrected chi connectivity index (χ0v) is 81.9. The number of aliphatic hydroxyl groups excluding tert-OH is 20. The Balaban J connectivity index is -0.000000153. The summed E-state index contributed by atoms with van der Waals surface area (Å²) in [7, 11) is 11.2. The molecule has 786 valence electrons. The number of amides is 9. The molecule has 13 unspecified atom stereocenters. The zero-order chi connectivity index (χ0) is 98.0. The van der Waals surface area contributed by atoms with Crippen molar-refractivity contribution in [1.29, 1.82) is 1.28 Å². The third-order valence-corrected chi connectivity index (χ3v) is 20.3. The molecule has 57 heteroatoms. The number of unbranched alkanes of at least 4 members (excludes halogenated alkanes) is 5. The van der Waals surface area contributed by atoms with E-state index in [1.807, 2.05) is 18.2 Å². The van der Waals surface area contributed by atoms with E-state index in [1.54, 1.807) is 17.0 Å². The predicted molar refractivity (Wildman–Crippen MR) is 520 cm³/mol. The largest absolute Gasteiger partial charge is 0.412 e. The number of thiol groups is 2. The van der Waals surface area contributed by atoms with Gasteiger partial charge in [0.1, 0.15) is 96.6 Å². The minimum Gasteiger partial charge on any atom is -0.412 e. The standard InChI is InChI=1S/C19H31N3O7S2.C15H28N2O8S.C14H28N2O7S.C13H26N2O7S.C11H24N2O6.3CH4.H3N.H2O.H2P2S.H3P/c1-29-18(13(24)12-23)16(26)17(27)19(28)22-10-5-4-8-20-14(25)7-11-30-31-15-6-2-3-9-21-15;1-9(19)26-8-11(21)16-5-3-4-6-17-15(24)13(23)12(22)14(25-2)10(20)7-18;1-23-13(9(18)8-17)11(20)12(21)14(22)16-6-3-2-5-15-10(19)4-7-24;1-22-12(8(17)6-16)10(19)11(20)13(21)15-5-3-2-4-14-9(18)7-23;1-19-10(7(15)6-14)8(16)9(17)11(18)13-5-3-2-4-12;;;;;;1-2-3;/h2-3,6,9,13,16-18,23-24,26-27H,4-5,7-8,10-12H2,1H3,(H,20,25)(H,22,28);10,12-14,18,20,22-23H,3-8H2,1-2H3,(H,16,21)(H,17,24);9,11-13,17-18,20-21,24H,2-8H2,1H3,(H,15,19)(H,16,22);8,10-12,16-17,19-20,23H,2-7H2,1H3,(H,14,18)(H,15,21);7-10,14-17H,2-6,12H2,1H3,(H,13,18);3*1H4;1H3;1H2;1H2;1H3/p+1/t13?,16-,17?,18-;10?,12-,13?,14-;9?,11-,12?,13-;8?,10-,11?,12-;7?,8-,9?,10-;;;;;;;/m11111......./s1/i/hD. The fourth-order valence-electron chi connectivity index (χ4n) is 9.76. The Morgan fingerprint density at radius 3 is 0.909 bits per heavy atom. The number of aromatic nitrogens is 1. The van der Waals surface area contributed by atoms with Gasteiger partial charge in [0.15, 0.2) is 54.4 Å². The van der Waals surface area contributed by atoms with Crippen LogP contribution >= 0.6 is 84.4 Å². The van der Waals surface area contributed by atoms with Crippen LogP contribution in [0.2, 0.25) is 0 Å². The molecule has 1 aromatic rings. The summed E-state index contributed by atoms with van der Waals surface area (Å²) in [4.78, 5) is 119. The van der Waals surface area contributed by atoms with Crippen LogP contribution in [-0.2, 0) is 83.4 Å². The van der Waals surface area contributed by atoms with E-state index in [2.05, 4.69) is 98.8 Å². The third-order valence-electron chi connectivity index (χ3n) is 16.7. The van der Waals surface area contributed by atoms with E-state index in [9.17, 15) is 125 Å². The zero-order valence-electron chi connectivity index (χ0n) is 74.3. The molecule has 0 aliphatic rings. The van der Waals surface area contributed by atoms with Gasteiger partial charge in [-0.05, 0) is 99.4 Å². The number of thioether (sulfide) groups is 1. The highest BCUT2D eigenvalue weighted by Gasteiger charge is 2.40. The van der Waals surface area contributed by atoms with Gasteiger partial charge < -0.3 is 191 Å². The van der Waals surface area contributed by atoms with Crippen LogP contribution in [0.4, 0.5) is 0 Å². The van der Waals surface area contributed by atoms with Gasteiger partial charge in [-0.2, -0.15) is 35.2 Å². The monoisotopic (exact) mass is 2090 g/mol. The number of carbonyl (C=O) groups excluding carboxylic acids is 10. The molecule has 0 radical (unpaired) electrons. The van der Waals surface area contributed by atoms with Gasteiger partial charge in [0.25, 0.3) is 29.5 Å². The van der Waals surface area contributed by atoms with Crippen LogP contribution in [0.1, 0.15) is 106 Å². The van der Waals surface area contributed by atoms with E-state index in [1.165, 1.54) is 53.3 Å². The molecule has 0 saturated heterocycles. The average molecular weight is 2090 g/mol. The number of ether oxygens (including phenoxy) is 5. The van der Waals surface area contributed by atoms with Crippen LogP contribution < -0.4 is 59.7 Å². The number of nitrogens with two attached hydrogens (primary N) is 1. The highest BCUT2D eigenvalue weighted by atomic mass is 33.1. The van der Waals surface area contributed by atoms with Crippen molar-refractivity contribution < 1.29 is 179 Å². The number of nitrogens with one attached hydrogen (secondary N) is 9. The van der Waals surface area contributed by atoms with Crippen molar-refractivity contribution in [3.63, 3.8) is 0 Å². The van der Waals surface area contributed by atoms with E-state index >= 15 is 0 Å². The lowest BCUT2D eigenvalue weighted by Crippen LogP contribution is -2.52. The molecule has 132 heavy (non-hydrogen) atoms. The van der Waals surface area contributed by atoms with Gasteiger partial charge in [0.2, 0.25) is 23.6 Å². The Bertz CT molecular complexity index is 3070. The Labute approximate surface area is 810 Å². The number of pyridine rings is 1. The second kappa shape index (κ2) is 98.7. The van der Waals surface area contributed by atoms with Crippen LogP contribution in [0.5, 0.6) is 0 Å². The van der Waals surface area contributed by atoms with Crippen molar-refractivity contribution in [2.45, 2.75) is 233 Å². The normalized spacial score (nSPS) is 15.2. The van der Waals surface area contributed by atoms with Gasteiger partial charge >= 0.3 is 1.28 Å².